The second-order valence-corrected chi connectivity index (χ2v) is 8.13. The molecule has 5 nitrogen and oxygen atoms in total. The number of allylic oxidation sites excluding steroid dienone is 2. The molecule has 5 heteroatoms. The van der Waals surface area contributed by atoms with E-state index in [1.165, 1.54) is 5.56 Å². The molecule has 0 aliphatic rings. The molecule has 3 rings (SSSR count). The highest BCUT2D eigenvalue weighted by Gasteiger charge is 2.09. The topological polar surface area (TPSA) is 71.1 Å². The summed E-state index contributed by atoms with van der Waals surface area (Å²) < 4.78 is 0. The summed E-state index contributed by atoms with van der Waals surface area (Å²) in [4.78, 5) is 28.2. The van der Waals surface area contributed by atoms with Crippen LogP contribution in [0, 0.1) is 0 Å². The number of hydrogen-bond donors (Lipinski definition) is 2. The first-order valence-electron chi connectivity index (χ1n) is 11.5. The van der Waals surface area contributed by atoms with Crippen LogP contribution in [0.5, 0.6) is 0 Å². The van der Waals surface area contributed by atoms with Gasteiger partial charge in [-0.25, -0.2) is 0 Å². The molecule has 0 saturated heterocycles. The van der Waals surface area contributed by atoms with Gasteiger partial charge in [-0.1, -0.05) is 62.4 Å². The number of carbonyl (C=O) groups excluding carboxylic acids is 2. The summed E-state index contributed by atoms with van der Waals surface area (Å²) in [6.45, 7) is 8.60. The minimum atomic E-state index is -0.0949. The van der Waals surface area contributed by atoms with Crippen molar-refractivity contribution in [2.24, 2.45) is 0 Å². The van der Waals surface area contributed by atoms with Gasteiger partial charge in [0.05, 0.1) is 5.69 Å². The molecule has 0 spiro atoms. The second-order valence-electron chi connectivity index (χ2n) is 8.13. The van der Waals surface area contributed by atoms with Gasteiger partial charge in [0.15, 0.2) is 0 Å². The first-order valence-corrected chi connectivity index (χ1v) is 11.5. The van der Waals surface area contributed by atoms with Crippen LogP contribution in [0.15, 0.2) is 90.8 Å². The molecule has 3 aromatic rings. The number of nitrogens with one attached hydrogen (secondary N) is 2. The van der Waals surface area contributed by atoms with Gasteiger partial charge in [0, 0.05) is 46.4 Å². The number of nitrogens with zero attached hydrogens (tertiary/aromatic N) is 1. The summed E-state index contributed by atoms with van der Waals surface area (Å²) >= 11 is 0. The number of hydrogen-bond acceptors (Lipinski definition) is 4. The Morgan fingerprint density at radius 2 is 1.76 bits per heavy atom. The third kappa shape index (κ3) is 6.75. The Morgan fingerprint density at radius 1 is 1.03 bits per heavy atom. The fourth-order valence-electron chi connectivity index (χ4n) is 3.57. The van der Waals surface area contributed by atoms with Crippen molar-refractivity contribution in [2.75, 3.05) is 6.54 Å². The van der Waals surface area contributed by atoms with E-state index in [-0.39, 0.29) is 5.91 Å². The number of carbonyl (C=O) groups is 2. The van der Waals surface area contributed by atoms with Crippen LogP contribution < -0.4 is 10.6 Å². The molecule has 1 amide bonds. The monoisotopic (exact) mass is 453 g/mol. The molecule has 0 saturated carbocycles. The summed E-state index contributed by atoms with van der Waals surface area (Å²) in [6.07, 6.45) is 5.09. The summed E-state index contributed by atoms with van der Waals surface area (Å²) in [5.74, 6) is -0.0949. The van der Waals surface area contributed by atoms with Crippen LogP contribution in [-0.4, -0.2) is 23.7 Å². The third-order valence-electron chi connectivity index (χ3n) is 5.55. The van der Waals surface area contributed by atoms with Crippen molar-refractivity contribution in [1.82, 2.24) is 15.6 Å². The van der Waals surface area contributed by atoms with Crippen LogP contribution in [0.2, 0.25) is 0 Å². The van der Waals surface area contributed by atoms with Gasteiger partial charge in [-0.2, -0.15) is 0 Å². The van der Waals surface area contributed by atoms with Crippen molar-refractivity contribution in [3.05, 3.63) is 107 Å². The Bertz CT molecular complexity index is 1170. The summed E-state index contributed by atoms with van der Waals surface area (Å²) in [5.41, 5.74) is 6.64. The molecule has 1 aromatic heterocycles. The highest BCUT2D eigenvalue weighted by molar-refractivity contribution is 5.94. The standard InChI is InChI=1S/C29H31N3O2/c1-4-8-27(21(2)20-33)32-22(3)26-16-18-30-28(19-26)24-11-13-25(14-12-24)29(34)31-17-15-23-9-6-5-7-10-23/h5-7,9-14,16,18-20,32H,3-4,8,15,17H2,1-2H3,(H,31,34)/b27-21+. The van der Waals surface area contributed by atoms with Gasteiger partial charge in [0.2, 0.25) is 0 Å². The van der Waals surface area contributed by atoms with Crippen molar-refractivity contribution in [3.8, 4) is 11.3 Å². The lowest BCUT2D eigenvalue weighted by Crippen LogP contribution is -2.25. The Balaban J connectivity index is 1.65. The number of aromatic nitrogens is 1. The van der Waals surface area contributed by atoms with Crippen LogP contribution in [0.4, 0.5) is 0 Å². The van der Waals surface area contributed by atoms with E-state index >= 15 is 0 Å². The molecule has 34 heavy (non-hydrogen) atoms. The van der Waals surface area contributed by atoms with Crippen molar-refractivity contribution in [2.45, 2.75) is 33.1 Å². The Hall–Kier alpha value is -3.99. The van der Waals surface area contributed by atoms with Gasteiger partial charge in [-0.05, 0) is 49.6 Å². The number of pyridine rings is 1. The molecule has 174 valence electrons. The van der Waals surface area contributed by atoms with E-state index in [0.29, 0.717) is 23.4 Å². The van der Waals surface area contributed by atoms with Gasteiger partial charge in [0.1, 0.15) is 6.29 Å². The van der Waals surface area contributed by atoms with E-state index in [0.717, 1.165) is 48.1 Å². The second kappa shape index (κ2) is 12.3. The highest BCUT2D eigenvalue weighted by atomic mass is 16.1. The van der Waals surface area contributed by atoms with Gasteiger partial charge < -0.3 is 10.6 Å². The molecule has 0 aliphatic heterocycles. The number of amides is 1. The van der Waals surface area contributed by atoms with Gasteiger partial charge in [-0.15, -0.1) is 0 Å². The highest BCUT2D eigenvalue weighted by Crippen LogP contribution is 2.22. The molecule has 0 unspecified atom stereocenters. The maximum atomic E-state index is 12.5. The maximum absolute atomic E-state index is 12.5. The fourth-order valence-corrected chi connectivity index (χ4v) is 3.57. The molecule has 0 bridgehead atoms. The number of benzene rings is 2. The zero-order chi connectivity index (χ0) is 24.3. The molecule has 0 radical (unpaired) electrons. The van der Waals surface area contributed by atoms with E-state index < -0.39 is 0 Å². The van der Waals surface area contributed by atoms with Gasteiger partial charge in [0.25, 0.3) is 5.91 Å². The maximum Gasteiger partial charge on any atom is 0.251 e. The number of aldehydes is 1. The van der Waals surface area contributed by atoms with Crippen LogP contribution >= 0.6 is 0 Å². The summed E-state index contributed by atoms with van der Waals surface area (Å²) in [6, 6.07) is 21.3. The lowest BCUT2D eigenvalue weighted by molar-refractivity contribution is -0.104. The zero-order valence-corrected chi connectivity index (χ0v) is 19.8. The average Bonchev–Trinajstić information content (AvgIpc) is 2.88. The predicted molar refractivity (Wildman–Crippen MR) is 138 cm³/mol. The molecule has 2 aromatic carbocycles. The molecule has 2 N–H and O–H groups in total. The molecule has 0 aliphatic carbocycles. The minimum absolute atomic E-state index is 0.0949. The van der Waals surface area contributed by atoms with E-state index in [1.807, 2.05) is 54.6 Å². The number of rotatable bonds is 11. The summed E-state index contributed by atoms with van der Waals surface area (Å²) in [5, 5.41) is 6.26. The van der Waals surface area contributed by atoms with Crippen LogP contribution in [0.1, 0.15) is 48.2 Å². The first kappa shape index (κ1) is 24.6. The molecule has 0 atom stereocenters. The fraction of sp³-hybridized carbons (Fsp3) is 0.207. The van der Waals surface area contributed by atoms with E-state index in [1.54, 1.807) is 13.1 Å². The Labute approximate surface area is 201 Å². The molecular formula is C29H31N3O2. The first-order chi connectivity index (χ1) is 16.5. The summed E-state index contributed by atoms with van der Waals surface area (Å²) in [7, 11) is 0. The Morgan fingerprint density at radius 3 is 2.44 bits per heavy atom. The Kier molecular flexibility index (Phi) is 8.92. The largest absolute Gasteiger partial charge is 0.359 e. The average molecular weight is 454 g/mol. The zero-order valence-electron chi connectivity index (χ0n) is 19.8. The van der Waals surface area contributed by atoms with Crippen molar-refractivity contribution in [1.29, 1.82) is 0 Å². The van der Waals surface area contributed by atoms with Crippen LogP contribution in [-0.2, 0) is 11.2 Å². The third-order valence-corrected chi connectivity index (χ3v) is 5.55. The predicted octanol–water partition coefficient (Wildman–Crippen LogP) is 5.55. The molecule has 0 fully saturated rings. The minimum Gasteiger partial charge on any atom is -0.359 e. The normalized spacial score (nSPS) is 11.4. The lowest BCUT2D eigenvalue weighted by atomic mass is 10.0. The van der Waals surface area contributed by atoms with Gasteiger partial charge in [-0.3, -0.25) is 14.6 Å². The molecular weight excluding hydrogens is 422 g/mol. The van der Waals surface area contributed by atoms with Crippen LogP contribution in [0.25, 0.3) is 17.0 Å². The molecule has 1 heterocycles. The van der Waals surface area contributed by atoms with E-state index in [2.05, 4.69) is 41.3 Å². The van der Waals surface area contributed by atoms with Crippen molar-refractivity contribution < 1.29 is 9.59 Å². The van der Waals surface area contributed by atoms with E-state index in [9.17, 15) is 9.59 Å². The SMILES string of the molecule is C=C(N/C(CCC)=C(\C)C=O)c1ccnc(-c2ccc(C(=O)NCCc3ccccc3)cc2)c1. The van der Waals surface area contributed by atoms with E-state index in [4.69, 9.17) is 0 Å². The van der Waals surface area contributed by atoms with Crippen molar-refractivity contribution in [3.63, 3.8) is 0 Å². The lowest BCUT2D eigenvalue weighted by Gasteiger charge is -2.15. The quantitative estimate of drug-likeness (QED) is 0.295. The smallest absolute Gasteiger partial charge is 0.251 e. The van der Waals surface area contributed by atoms with Gasteiger partial charge >= 0.3 is 0 Å². The van der Waals surface area contributed by atoms with Crippen LogP contribution in [0.3, 0.4) is 0 Å². The van der Waals surface area contributed by atoms with Crippen molar-refractivity contribution >= 4 is 17.9 Å².